The Balaban J connectivity index is 1.54. The lowest BCUT2D eigenvalue weighted by molar-refractivity contribution is -0.130. The number of rotatable bonds is 3. The number of nitrogens with one attached hydrogen (secondary N) is 1. The van der Waals surface area contributed by atoms with Crippen molar-refractivity contribution in [1.29, 1.82) is 0 Å². The molecule has 0 saturated carbocycles. The van der Waals surface area contributed by atoms with Crippen LogP contribution in [-0.2, 0) is 4.79 Å². The van der Waals surface area contributed by atoms with E-state index in [9.17, 15) is 9.59 Å². The normalized spacial score (nSPS) is 17.0. The Labute approximate surface area is 129 Å². The maximum Gasteiger partial charge on any atom is 0.251 e. The third kappa shape index (κ3) is 3.32. The number of benzene rings is 1. The van der Waals surface area contributed by atoms with Crippen molar-refractivity contribution in [3.05, 3.63) is 23.8 Å². The van der Waals surface area contributed by atoms with Gasteiger partial charge in [0, 0.05) is 18.7 Å². The summed E-state index contributed by atoms with van der Waals surface area (Å²) in [6.45, 7) is 1.79. The maximum atomic E-state index is 12.1. The Bertz CT molecular complexity index is 565. The summed E-state index contributed by atoms with van der Waals surface area (Å²) in [5.41, 5.74) is 0.466. The SMILES string of the molecule is O=C(NCC(=O)N1CCCCCC1)c1ccc2c(c1)OCO2. The van der Waals surface area contributed by atoms with Gasteiger partial charge in [-0.1, -0.05) is 12.8 Å². The van der Waals surface area contributed by atoms with E-state index in [-0.39, 0.29) is 25.2 Å². The molecule has 0 aromatic heterocycles. The molecule has 2 amide bonds. The standard InChI is InChI=1S/C16H20N2O4/c19-15(18-7-3-1-2-4-8-18)10-17-16(20)12-5-6-13-14(9-12)22-11-21-13/h5-6,9H,1-4,7-8,10-11H2,(H,17,20). The second-order valence-corrected chi connectivity index (χ2v) is 5.55. The van der Waals surface area contributed by atoms with E-state index < -0.39 is 0 Å². The molecule has 0 radical (unpaired) electrons. The molecule has 2 heterocycles. The zero-order valence-electron chi connectivity index (χ0n) is 12.5. The Hall–Kier alpha value is -2.24. The molecular formula is C16H20N2O4. The molecule has 0 spiro atoms. The van der Waals surface area contributed by atoms with E-state index in [0.29, 0.717) is 17.1 Å². The van der Waals surface area contributed by atoms with Crippen LogP contribution in [0.15, 0.2) is 18.2 Å². The number of ether oxygens (including phenoxy) is 2. The Morgan fingerprint density at radius 2 is 1.77 bits per heavy atom. The smallest absolute Gasteiger partial charge is 0.251 e. The average Bonchev–Trinajstić information content (AvgIpc) is 2.83. The molecule has 2 aliphatic rings. The summed E-state index contributed by atoms with van der Waals surface area (Å²) in [5.74, 6) is 0.904. The largest absolute Gasteiger partial charge is 0.454 e. The van der Waals surface area contributed by atoms with Crippen LogP contribution in [-0.4, -0.2) is 43.1 Å². The Kier molecular flexibility index (Phi) is 4.46. The van der Waals surface area contributed by atoms with E-state index in [0.717, 1.165) is 25.9 Å². The molecule has 0 bridgehead atoms. The quantitative estimate of drug-likeness (QED) is 0.920. The first-order valence-electron chi connectivity index (χ1n) is 7.70. The molecule has 6 nitrogen and oxygen atoms in total. The predicted molar refractivity (Wildman–Crippen MR) is 79.9 cm³/mol. The van der Waals surface area contributed by atoms with Crippen LogP contribution in [0.25, 0.3) is 0 Å². The first-order valence-corrected chi connectivity index (χ1v) is 7.70. The lowest BCUT2D eigenvalue weighted by Crippen LogP contribution is -2.40. The summed E-state index contributed by atoms with van der Waals surface area (Å²) >= 11 is 0. The van der Waals surface area contributed by atoms with E-state index in [1.165, 1.54) is 12.8 Å². The number of hydrogen-bond acceptors (Lipinski definition) is 4. The van der Waals surface area contributed by atoms with Gasteiger partial charge in [-0.15, -0.1) is 0 Å². The summed E-state index contributed by atoms with van der Waals surface area (Å²) in [7, 11) is 0. The van der Waals surface area contributed by atoms with Crippen molar-refractivity contribution >= 4 is 11.8 Å². The van der Waals surface area contributed by atoms with Crippen LogP contribution in [0.3, 0.4) is 0 Å². The highest BCUT2D eigenvalue weighted by Gasteiger charge is 2.18. The van der Waals surface area contributed by atoms with E-state index in [1.54, 1.807) is 18.2 Å². The molecule has 22 heavy (non-hydrogen) atoms. The number of likely N-dealkylation sites (tertiary alicyclic amines) is 1. The lowest BCUT2D eigenvalue weighted by atomic mass is 10.2. The van der Waals surface area contributed by atoms with E-state index in [4.69, 9.17) is 9.47 Å². The fourth-order valence-corrected chi connectivity index (χ4v) is 2.73. The highest BCUT2D eigenvalue weighted by molar-refractivity contribution is 5.97. The number of fused-ring (bicyclic) bond motifs is 1. The van der Waals surface area contributed by atoms with Crippen LogP contribution in [0.4, 0.5) is 0 Å². The van der Waals surface area contributed by atoms with E-state index in [2.05, 4.69) is 5.32 Å². The minimum Gasteiger partial charge on any atom is -0.454 e. The molecular weight excluding hydrogens is 284 g/mol. The molecule has 1 saturated heterocycles. The first-order chi connectivity index (χ1) is 10.7. The second kappa shape index (κ2) is 6.68. The molecule has 1 fully saturated rings. The minimum atomic E-state index is -0.276. The Morgan fingerprint density at radius 3 is 2.55 bits per heavy atom. The molecule has 1 aromatic carbocycles. The zero-order chi connectivity index (χ0) is 15.4. The van der Waals surface area contributed by atoms with Crippen molar-refractivity contribution in [3.8, 4) is 11.5 Å². The maximum absolute atomic E-state index is 12.1. The summed E-state index contributed by atoms with van der Waals surface area (Å²) in [4.78, 5) is 26.1. The number of carbonyl (C=O) groups excluding carboxylic acids is 2. The molecule has 2 aliphatic heterocycles. The topological polar surface area (TPSA) is 67.9 Å². The summed E-state index contributed by atoms with van der Waals surface area (Å²) in [6.07, 6.45) is 4.43. The molecule has 6 heteroatoms. The van der Waals surface area contributed by atoms with Crippen LogP contribution < -0.4 is 14.8 Å². The van der Waals surface area contributed by atoms with Crippen molar-refractivity contribution in [3.63, 3.8) is 0 Å². The second-order valence-electron chi connectivity index (χ2n) is 5.55. The van der Waals surface area contributed by atoms with Crippen LogP contribution in [0.2, 0.25) is 0 Å². The average molecular weight is 304 g/mol. The molecule has 0 aliphatic carbocycles. The van der Waals surface area contributed by atoms with Gasteiger partial charge in [0.25, 0.3) is 5.91 Å². The molecule has 0 unspecified atom stereocenters. The number of hydrogen-bond donors (Lipinski definition) is 1. The monoisotopic (exact) mass is 304 g/mol. The summed E-state index contributed by atoms with van der Waals surface area (Å²) in [5, 5.41) is 2.68. The van der Waals surface area contributed by atoms with Crippen LogP contribution in [0, 0.1) is 0 Å². The van der Waals surface area contributed by atoms with Gasteiger partial charge in [-0.25, -0.2) is 0 Å². The number of amides is 2. The zero-order valence-corrected chi connectivity index (χ0v) is 12.5. The third-order valence-electron chi connectivity index (χ3n) is 3.99. The highest BCUT2D eigenvalue weighted by Crippen LogP contribution is 2.32. The van der Waals surface area contributed by atoms with Gasteiger partial charge in [0.1, 0.15) is 0 Å². The van der Waals surface area contributed by atoms with Crippen molar-refractivity contribution in [2.75, 3.05) is 26.4 Å². The fraction of sp³-hybridized carbons (Fsp3) is 0.500. The van der Waals surface area contributed by atoms with Crippen molar-refractivity contribution < 1.29 is 19.1 Å². The van der Waals surface area contributed by atoms with Gasteiger partial charge in [0.05, 0.1) is 6.54 Å². The van der Waals surface area contributed by atoms with E-state index >= 15 is 0 Å². The molecule has 1 aromatic rings. The number of carbonyl (C=O) groups is 2. The van der Waals surface area contributed by atoms with Crippen LogP contribution in [0.1, 0.15) is 36.0 Å². The minimum absolute atomic E-state index is 0.0176. The molecule has 1 N–H and O–H groups in total. The van der Waals surface area contributed by atoms with Gasteiger partial charge in [-0.05, 0) is 31.0 Å². The van der Waals surface area contributed by atoms with Gasteiger partial charge in [-0.3, -0.25) is 9.59 Å². The third-order valence-corrected chi connectivity index (χ3v) is 3.99. The fourth-order valence-electron chi connectivity index (χ4n) is 2.73. The molecule has 0 atom stereocenters. The Morgan fingerprint density at radius 1 is 1.05 bits per heavy atom. The first kappa shape index (κ1) is 14.7. The van der Waals surface area contributed by atoms with Gasteiger partial charge >= 0.3 is 0 Å². The van der Waals surface area contributed by atoms with Crippen LogP contribution >= 0.6 is 0 Å². The van der Waals surface area contributed by atoms with Crippen LogP contribution in [0.5, 0.6) is 11.5 Å². The molecule has 3 rings (SSSR count). The van der Waals surface area contributed by atoms with Gasteiger partial charge in [-0.2, -0.15) is 0 Å². The van der Waals surface area contributed by atoms with E-state index in [1.807, 2.05) is 4.90 Å². The molecule has 118 valence electrons. The van der Waals surface area contributed by atoms with Crippen molar-refractivity contribution in [2.45, 2.75) is 25.7 Å². The predicted octanol–water partition coefficient (Wildman–Crippen LogP) is 1.55. The van der Waals surface area contributed by atoms with Gasteiger partial charge < -0.3 is 19.7 Å². The highest BCUT2D eigenvalue weighted by atomic mass is 16.7. The lowest BCUT2D eigenvalue weighted by Gasteiger charge is -2.20. The number of nitrogens with zero attached hydrogens (tertiary/aromatic N) is 1. The summed E-state index contributed by atoms with van der Waals surface area (Å²) in [6, 6.07) is 5.00. The van der Waals surface area contributed by atoms with Crippen molar-refractivity contribution in [2.24, 2.45) is 0 Å². The van der Waals surface area contributed by atoms with Gasteiger partial charge in [0.2, 0.25) is 12.7 Å². The summed E-state index contributed by atoms with van der Waals surface area (Å²) < 4.78 is 10.5. The van der Waals surface area contributed by atoms with Gasteiger partial charge in [0.15, 0.2) is 11.5 Å². The van der Waals surface area contributed by atoms with Crippen molar-refractivity contribution in [1.82, 2.24) is 10.2 Å².